The van der Waals surface area contributed by atoms with Crippen molar-refractivity contribution in [2.24, 2.45) is 16.8 Å². The number of carbonyl (C=O) groups excluding carboxylic acids is 1. The highest BCUT2D eigenvalue weighted by Crippen LogP contribution is 2.26. The van der Waals surface area contributed by atoms with Crippen LogP contribution in [0.2, 0.25) is 0 Å². The maximum Gasteiger partial charge on any atom is 0.237 e. The Bertz CT molecular complexity index is 827. The molecule has 7 nitrogen and oxygen atoms in total. The average molecular weight is 389 g/mol. The van der Waals surface area contributed by atoms with Crippen LogP contribution in [0, 0.1) is 5.92 Å². The van der Waals surface area contributed by atoms with Crippen LogP contribution in [0.5, 0.6) is 0 Å². The minimum atomic E-state index is -0.687. The molecule has 1 heterocycles. The van der Waals surface area contributed by atoms with Gasteiger partial charge in [0.1, 0.15) is 0 Å². The van der Waals surface area contributed by atoms with Crippen LogP contribution in [-0.4, -0.2) is 29.5 Å². The number of nitrogens with two attached hydrogens (primary N) is 1. The smallest absolute Gasteiger partial charge is 0.237 e. The highest BCUT2D eigenvalue weighted by Gasteiger charge is 2.22. The first-order chi connectivity index (χ1) is 12.8. The van der Waals surface area contributed by atoms with E-state index in [0.29, 0.717) is 12.3 Å². The van der Waals surface area contributed by atoms with E-state index >= 15 is 0 Å². The van der Waals surface area contributed by atoms with E-state index in [9.17, 15) is 4.79 Å². The van der Waals surface area contributed by atoms with E-state index in [2.05, 4.69) is 46.3 Å². The summed E-state index contributed by atoms with van der Waals surface area (Å²) in [4.78, 5) is 19.9. The van der Waals surface area contributed by atoms with E-state index in [0.717, 1.165) is 21.6 Å². The van der Waals surface area contributed by atoms with Crippen molar-refractivity contribution >= 4 is 27.5 Å². The fraction of sp³-hybridized carbons (Fsp3) is 0.579. The third-order valence-corrected chi connectivity index (χ3v) is 5.90. The zero-order valence-electron chi connectivity index (χ0n) is 16.3. The van der Waals surface area contributed by atoms with Gasteiger partial charge >= 0.3 is 0 Å². The summed E-state index contributed by atoms with van der Waals surface area (Å²) in [6.07, 6.45) is 1.26. The Labute approximate surface area is 164 Å². The van der Waals surface area contributed by atoms with Gasteiger partial charge in [-0.25, -0.2) is 4.98 Å². The molecule has 0 fully saturated rings. The van der Waals surface area contributed by atoms with Crippen LogP contribution in [-0.2, 0) is 11.2 Å². The molecule has 27 heavy (non-hydrogen) atoms. The molecule has 2 aromatic rings. The van der Waals surface area contributed by atoms with Crippen molar-refractivity contribution in [1.29, 1.82) is 0 Å². The molecule has 146 valence electrons. The molecule has 0 aliphatic heterocycles. The third kappa shape index (κ3) is 5.66. The molecule has 0 aliphatic carbocycles. The first-order valence-electron chi connectivity index (χ1n) is 9.31. The molecule has 3 atom stereocenters. The van der Waals surface area contributed by atoms with Gasteiger partial charge in [-0.05, 0) is 35.1 Å². The van der Waals surface area contributed by atoms with Crippen LogP contribution in [0.3, 0.4) is 0 Å². The number of thiazole rings is 1. The SMILES string of the molecule is CC[C@H](C)[C@@H](CN=[N+]=[N-])NC(=O)[C@@H](N)Cc1nc2ccc(C(C)C)cc2s1. The van der Waals surface area contributed by atoms with Crippen molar-refractivity contribution in [1.82, 2.24) is 10.3 Å². The molecular weight excluding hydrogens is 360 g/mol. The molecule has 0 saturated carbocycles. The zero-order chi connectivity index (χ0) is 20.0. The van der Waals surface area contributed by atoms with Gasteiger partial charge in [0, 0.05) is 23.9 Å². The minimum absolute atomic E-state index is 0.198. The molecular formula is C19H28N6OS. The summed E-state index contributed by atoms with van der Waals surface area (Å²) in [5, 5.41) is 7.38. The summed E-state index contributed by atoms with van der Waals surface area (Å²) in [6.45, 7) is 8.60. The molecule has 0 unspecified atom stereocenters. The number of carbonyl (C=O) groups is 1. The lowest BCUT2D eigenvalue weighted by Gasteiger charge is -2.24. The van der Waals surface area contributed by atoms with Crippen molar-refractivity contribution < 1.29 is 4.79 Å². The summed E-state index contributed by atoms with van der Waals surface area (Å²) < 4.78 is 1.12. The van der Waals surface area contributed by atoms with Gasteiger partial charge in [0.2, 0.25) is 5.91 Å². The van der Waals surface area contributed by atoms with Crippen LogP contribution in [0.25, 0.3) is 20.7 Å². The van der Waals surface area contributed by atoms with E-state index in [4.69, 9.17) is 11.3 Å². The largest absolute Gasteiger partial charge is 0.352 e. The lowest BCUT2D eigenvalue weighted by Crippen LogP contribution is -2.49. The van der Waals surface area contributed by atoms with Crippen molar-refractivity contribution in [2.75, 3.05) is 6.54 Å². The molecule has 1 aromatic heterocycles. The first-order valence-corrected chi connectivity index (χ1v) is 10.1. The quantitative estimate of drug-likeness (QED) is 0.382. The highest BCUT2D eigenvalue weighted by molar-refractivity contribution is 7.18. The Balaban J connectivity index is 2.06. The topological polar surface area (TPSA) is 117 Å². The minimum Gasteiger partial charge on any atom is -0.352 e. The van der Waals surface area contributed by atoms with Crippen LogP contribution >= 0.6 is 11.3 Å². The van der Waals surface area contributed by atoms with Gasteiger partial charge in [-0.2, -0.15) is 0 Å². The number of benzene rings is 1. The average Bonchev–Trinajstić information content (AvgIpc) is 3.05. The second-order valence-electron chi connectivity index (χ2n) is 7.21. The highest BCUT2D eigenvalue weighted by atomic mass is 32.1. The molecule has 2 rings (SSSR count). The van der Waals surface area contributed by atoms with Gasteiger partial charge in [-0.3, -0.25) is 4.79 Å². The Kier molecular flexibility index (Phi) is 7.59. The number of hydrogen-bond donors (Lipinski definition) is 2. The first kappa shape index (κ1) is 21.2. The predicted octanol–water partition coefficient (Wildman–Crippen LogP) is 4.13. The Morgan fingerprint density at radius 2 is 2.15 bits per heavy atom. The maximum atomic E-state index is 12.5. The predicted molar refractivity (Wildman–Crippen MR) is 111 cm³/mol. The Morgan fingerprint density at radius 3 is 2.78 bits per heavy atom. The summed E-state index contributed by atoms with van der Waals surface area (Å²) >= 11 is 1.58. The second-order valence-corrected chi connectivity index (χ2v) is 8.33. The number of fused-ring (bicyclic) bond motifs is 1. The van der Waals surface area contributed by atoms with E-state index in [1.54, 1.807) is 11.3 Å². The second kappa shape index (κ2) is 9.69. The molecule has 0 spiro atoms. The van der Waals surface area contributed by atoms with Crippen LogP contribution in [0.4, 0.5) is 0 Å². The number of rotatable bonds is 9. The summed E-state index contributed by atoms with van der Waals surface area (Å²) in [5.74, 6) is 0.417. The standard InChI is InChI=1S/C19H28N6OS/c1-5-12(4)16(10-22-25-21)24-19(26)14(20)9-18-23-15-7-6-13(11(2)3)8-17(15)27-18/h6-8,11-12,14,16H,5,9-10,20H2,1-4H3,(H,24,26)/t12-,14-,16+/m0/s1. The van der Waals surface area contributed by atoms with Gasteiger partial charge in [-0.15, -0.1) is 11.3 Å². The molecule has 0 aliphatic rings. The Morgan fingerprint density at radius 1 is 1.41 bits per heavy atom. The maximum absolute atomic E-state index is 12.5. The fourth-order valence-corrected chi connectivity index (χ4v) is 3.86. The molecule has 0 radical (unpaired) electrons. The molecule has 0 saturated heterocycles. The third-order valence-electron chi connectivity index (χ3n) is 4.85. The lowest BCUT2D eigenvalue weighted by atomic mass is 9.99. The Hall–Kier alpha value is -2.15. The number of hydrogen-bond acceptors (Lipinski definition) is 5. The van der Waals surface area contributed by atoms with Crippen LogP contribution < -0.4 is 11.1 Å². The summed E-state index contributed by atoms with van der Waals surface area (Å²) in [7, 11) is 0. The lowest BCUT2D eigenvalue weighted by molar-refractivity contribution is -0.123. The number of nitrogens with one attached hydrogen (secondary N) is 1. The molecule has 1 amide bonds. The number of aromatic nitrogens is 1. The number of azide groups is 1. The van der Waals surface area contributed by atoms with E-state index in [1.165, 1.54) is 5.56 Å². The fourth-order valence-electron chi connectivity index (χ4n) is 2.78. The number of nitrogens with zero attached hydrogens (tertiary/aromatic N) is 4. The monoisotopic (exact) mass is 388 g/mol. The van der Waals surface area contributed by atoms with Crippen molar-refractivity contribution in [3.05, 3.63) is 39.2 Å². The van der Waals surface area contributed by atoms with Crippen LogP contribution in [0.15, 0.2) is 23.3 Å². The van der Waals surface area contributed by atoms with E-state index in [1.807, 2.05) is 19.9 Å². The summed E-state index contributed by atoms with van der Waals surface area (Å²) in [5.41, 5.74) is 16.9. The number of amides is 1. The van der Waals surface area contributed by atoms with Gasteiger partial charge in [0.25, 0.3) is 0 Å². The summed E-state index contributed by atoms with van der Waals surface area (Å²) in [6, 6.07) is 5.37. The molecule has 3 N–H and O–H groups in total. The molecule has 1 aromatic carbocycles. The van der Waals surface area contributed by atoms with Gasteiger partial charge in [-0.1, -0.05) is 45.3 Å². The van der Waals surface area contributed by atoms with E-state index in [-0.39, 0.29) is 24.4 Å². The van der Waals surface area contributed by atoms with E-state index < -0.39 is 6.04 Å². The van der Waals surface area contributed by atoms with Crippen LogP contribution in [0.1, 0.15) is 50.6 Å². The van der Waals surface area contributed by atoms with Crippen molar-refractivity contribution in [2.45, 2.75) is 58.5 Å². The van der Waals surface area contributed by atoms with Gasteiger partial charge in [0.15, 0.2) is 0 Å². The molecule has 8 heteroatoms. The van der Waals surface area contributed by atoms with Gasteiger partial charge < -0.3 is 11.1 Å². The zero-order valence-corrected chi connectivity index (χ0v) is 17.2. The normalized spacial score (nSPS) is 14.6. The van der Waals surface area contributed by atoms with Crippen molar-refractivity contribution in [3.8, 4) is 0 Å². The molecule has 0 bridgehead atoms. The van der Waals surface area contributed by atoms with Crippen molar-refractivity contribution in [3.63, 3.8) is 0 Å². The van der Waals surface area contributed by atoms with Gasteiger partial charge in [0.05, 0.1) is 21.3 Å².